The van der Waals surface area contributed by atoms with Crippen molar-refractivity contribution in [2.45, 2.75) is 25.9 Å². The van der Waals surface area contributed by atoms with Gasteiger partial charge in [0.1, 0.15) is 29.8 Å². The highest BCUT2D eigenvalue weighted by Crippen LogP contribution is 2.28. The molecule has 5 nitrogen and oxygen atoms in total. The van der Waals surface area contributed by atoms with Crippen LogP contribution < -0.4 is 15.4 Å². The van der Waals surface area contributed by atoms with Gasteiger partial charge in [0.15, 0.2) is 0 Å². The number of benzene rings is 1. The monoisotopic (exact) mass is 284 g/mol. The molecule has 1 aromatic heterocycles. The first-order valence-corrected chi connectivity index (χ1v) is 7.39. The van der Waals surface area contributed by atoms with Crippen molar-refractivity contribution in [2.75, 3.05) is 23.7 Å². The van der Waals surface area contributed by atoms with Gasteiger partial charge in [-0.15, -0.1) is 0 Å². The highest BCUT2D eigenvalue weighted by Gasteiger charge is 2.21. The summed E-state index contributed by atoms with van der Waals surface area (Å²) in [6, 6.07) is 10.1. The molecule has 1 aliphatic rings. The molecule has 0 saturated carbocycles. The maximum atomic E-state index is 5.90. The number of fused-ring (bicyclic) bond motifs is 1. The van der Waals surface area contributed by atoms with Gasteiger partial charge in [-0.05, 0) is 18.1 Å². The zero-order valence-corrected chi connectivity index (χ0v) is 12.2. The first kappa shape index (κ1) is 13.7. The number of nitrogens with one attached hydrogen (secondary N) is 2. The molecule has 21 heavy (non-hydrogen) atoms. The fourth-order valence-electron chi connectivity index (χ4n) is 2.39. The Kier molecular flexibility index (Phi) is 4.19. The zero-order chi connectivity index (χ0) is 14.5. The van der Waals surface area contributed by atoms with Crippen LogP contribution in [0, 0.1) is 0 Å². The first-order valence-electron chi connectivity index (χ1n) is 7.39. The second kappa shape index (κ2) is 6.43. The Bertz CT molecular complexity index is 577. The van der Waals surface area contributed by atoms with E-state index >= 15 is 0 Å². The van der Waals surface area contributed by atoms with Crippen LogP contribution in [-0.2, 0) is 6.42 Å². The highest BCUT2D eigenvalue weighted by atomic mass is 16.5. The predicted molar refractivity (Wildman–Crippen MR) is 83.9 cm³/mol. The van der Waals surface area contributed by atoms with E-state index < -0.39 is 0 Å². The molecule has 2 N–H and O–H groups in total. The minimum Gasteiger partial charge on any atom is -0.488 e. The van der Waals surface area contributed by atoms with Crippen LogP contribution >= 0.6 is 0 Å². The molecule has 1 aliphatic heterocycles. The average molecular weight is 284 g/mol. The van der Waals surface area contributed by atoms with Crippen molar-refractivity contribution in [3.8, 4) is 5.75 Å². The quantitative estimate of drug-likeness (QED) is 0.854. The number of aromatic nitrogens is 2. The Morgan fingerprint density at radius 2 is 2.00 bits per heavy atom. The molecule has 3 rings (SSSR count). The number of ether oxygens (including phenoxy) is 1. The largest absolute Gasteiger partial charge is 0.488 e. The van der Waals surface area contributed by atoms with Crippen LogP contribution in [0.5, 0.6) is 5.75 Å². The number of rotatable bonds is 6. The van der Waals surface area contributed by atoms with E-state index in [0.29, 0.717) is 0 Å². The molecule has 0 radical (unpaired) electrons. The van der Waals surface area contributed by atoms with Crippen molar-refractivity contribution in [2.24, 2.45) is 0 Å². The lowest BCUT2D eigenvalue weighted by Gasteiger charge is -2.13. The molecule has 1 aromatic carbocycles. The maximum Gasteiger partial charge on any atom is 0.131 e. The van der Waals surface area contributed by atoms with E-state index in [1.165, 1.54) is 5.56 Å². The predicted octanol–water partition coefficient (Wildman–Crippen LogP) is 2.71. The lowest BCUT2D eigenvalue weighted by Crippen LogP contribution is -2.24. The van der Waals surface area contributed by atoms with Crippen LogP contribution in [0.3, 0.4) is 0 Å². The second-order valence-corrected chi connectivity index (χ2v) is 5.15. The van der Waals surface area contributed by atoms with Crippen LogP contribution in [0.4, 0.5) is 11.6 Å². The molecule has 110 valence electrons. The highest BCUT2D eigenvalue weighted by molar-refractivity contribution is 5.46. The fourth-order valence-corrected chi connectivity index (χ4v) is 2.39. The van der Waals surface area contributed by atoms with Gasteiger partial charge < -0.3 is 15.4 Å². The molecule has 5 heteroatoms. The third kappa shape index (κ3) is 3.42. The van der Waals surface area contributed by atoms with Gasteiger partial charge in [0.05, 0.1) is 6.54 Å². The third-order valence-electron chi connectivity index (χ3n) is 3.45. The van der Waals surface area contributed by atoms with Crippen LogP contribution in [0.2, 0.25) is 0 Å². The molecular formula is C16H20N4O. The van der Waals surface area contributed by atoms with Gasteiger partial charge in [-0.3, -0.25) is 0 Å². The maximum absolute atomic E-state index is 5.90. The molecule has 0 amide bonds. The van der Waals surface area contributed by atoms with E-state index in [4.69, 9.17) is 4.74 Å². The molecular weight excluding hydrogens is 264 g/mol. The number of nitrogens with zero attached hydrogens (tertiary/aromatic N) is 2. The summed E-state index contributed by atoms with van der Waals surface area (Å²) in [4.78, 5) is 8.44. The Morgan fingerprint density at radius 1 is 1.19 bits per heavy atom. The summed E-state index contributed by atoms with van der Waals surface area (Å²) in [5, 5.41) is 6.58. The molecule has 1 atom stereocenters. The zero-order valence-electron chi connectivity index (χ0n) is 12.2. The van der Waals surface area contributed by atoms with Crippen LogP contribution in [-0.4, -0.2) is 29.2 Å². The van der Waals surface area contributed by atoms with Crippen molar-refractivity contribution < 1.29 is 4.74 Å². The minimum absolute atomic E-state index is 0.157. The summed E-state index contributed by atoms with van der Waals surface area (Å²) in [6.45, 7) is 3.78. The summed E-state index contributed by atoms with van der Waals surface area (Å²) in [7, 11) is 0. The minimum atomic E-state index is 0.157. The van der Waals surface area contributed by atoms with E-state index in [2.05, 4.69) is 33.6 Å². The fraction of sp³-hybridized carbons (Fsp3) is 0.375. The van der Waals surface area contributed by atoms with Gasteiger partial charge in [0.2, 0.25) is 0 Å². The van der Waals surface area contributed by atoms with Crippen LogP contribution in [0.25, 0.3) is 0 Å². The Labute approximate surface area is 124 Å². The number of hydrogen-bond acceptors (Lipinski definition) is 5. The molecule has 2 heterocycles. The van der Waals surface area contributed by atoms with Crippen molar-refractivity contribution in [1.29, 1.82) is 0 Å². The van der Waals surface area contributed by atoms with Crippen LogP contribution in [0.15, 0.2) is 36.7 Å². The normalized spacial score (nSPS) is 16.1. The third-order valence-corrected chi connectivity index (χ3v) is 3.45. The van der Waals surface area contributed by atoms with Crippen molar-refractivity contribution in [3.63, 3.8) is 0 Å². The van der Waals surface area contributed by atoms with Gasteiger partial charge in [-0.2, -0.15) is 0 Å². The molecule has 0 spiro atoms. The molecule has 1 unspecified atom stereocenters. The summed E-state index contributed by atoms with van der Waals surface area (Å²) in [6.07, 6.45) is 3.74. The van der Waals surface area contributed by atoms with E-state index in [1.807, 2.05) is 24.3 Å². The molecule has 2 aromatic rings. The Hall–Kier alpha value is -2.30. The Balaban J connectivity index is 1.54. The summed E-state index contributed by atoms with van der Waals surface area (Å²) in [5.41, 5.74) is 1.28. The standard InChI is InChI=1S/C16H20N4O/c1-2-7-17-15-9-16(20-11-19-15)18-10-13-8-12-5-3-4-6-14(12)21-13/h3-6,9,11,13H,2,7-8,10H2,1H3,(H2,17,18,19,20). The van der Waals surface area contributed by atoms with E-state index in [1.54, 1.807) is 6.33 Å². The molecule has 0 saturated heterocycles. The molecule has 0 aliphatic carbocycles. The Morgan fingerprint density at radius 3 is 2.81 bits per heavy atom. The second-order valence-electron chi connectivity index (χ2n) is 5.15. The van der Waals surface area contributed by atoms with Crippen molar-refractivity contribution >= 4 is 11.6 Å². The van der Waals surface area contributed by atoms with Gasteiger partial charge in [-0.25, -0.2) is 9.97 Å². The summed E-state index contributed by atoms with van der Waals surface area (Å²) >= 11 is 0. The molecule has 0 bridgehead atoms. The average Bonchev–Trinajstić information content (AvgIpc) is 2.94. The van der Waals surface area contributed by atoms with Crippen LogP contribution in [0.1, 0.15) is 18.9 Å². The van der Waals surface area contributed by atoms with Gasteiger partial charge in [0.25, 0.3) is 0 Å². The number of hydrogen-bond donors (Lipinski definition) is 2. The van der Waals surface area contributed by atoms with E-state index in [9.17, 15) is 0 Å². The molecule has 0 fully saturated rings. The lowest BCUT2D eigenvalue weighted by atomic mass is 10.1. The smallest absolute Gasteiger partial charge is 0.131 e. The van der Waals surface area contributed by atoms with E-state index in [-0.39, 0.29) is 6.10 Å². The van der Waals surface area contributed by atoms with E-state index in [0.717, 1.165) is 43.3 Å². The van der Waals surface area contributed by atoms with Gasteiger partial charge in [0, 0.05) is 19.0 Å². The number of anilines is 2. The topological polar surface area (TPSA) is 59.1 Å². The first-order chi connectivity index (χ1) is 10.3. The van der Waals surface area contributed by atoms with Crippen molar-refractivity contribution in [1.82, 2.24) is 9.97 Å². The lowest BCUT2D eigenvalue weighted by molar-refractivity contribution is 0.246. The SMILES string of the molecule is CCCNc1cc(NCC2Cc3ccccc3O2)ncn1. The van der Waals surface area contributed by atoms with Gasteiger partial charge in [-0.1, -0.05) is 25.1 Å². The number of para-hydroxylation sites is 1. The summed E-state index contributed by atoms with van der Waals surface area (Å²) in [5.74, 6) is 2.67. The summed E-state index contributed by atoms with van der Waals surface area (Å²) < 4.78 is 5.90. The van der Waals surface area contributed by atoms with Crippen molar-refractivity contribution in [3.05, 3.63) is 42.2 Å². The van der Waals surface area contributed by atoms with Gasteiger partial charge >= 0.3 is 0 Å².